The third kappa shape index (κ3) is 2.89. The highest BCUT2D eigenvalue weighted by molar-refractivity contribution is 7.09. The zero-order chi connectivity index (χ0) is 10.5. The number of furan rings is 1. The maximum atomic E-state index is 5.45. The minimum Gasteiger partial charge on any atom is -0.463 e. The van der Waals surface area contributed by atoms with Gasteiger partial charge in [0.2, 0.25) is 0 Å². The fraction of sp³-hybridized carbons (Fsp3) is 0.300. The molecule has 2 aromatic rings. The molecule has 0 spiro atoms. The number of aromatic nitrogens is 1. The van der Waals surface area contributed by atoms with Crippen LogP contribution in [0.1, 0.15) is 16.4 Å². The van der Waals surface area contributed by atoms with Crippen molar-refractivity contribution in [2.75, 3.05) is 0 Å². The molecule has 0 aliphatic carbocycles. The van der Waals surface area contributed by atoms with E-state index in [-0.39, 0.29) is 0 Å². The molecule has 0 aliphatic rings. The Kier molecular flexibility index (Phi) is 3.49. The second-order valence-corrected chi connectivity index (χ2v) is 4.11. The molecule has 15 heavy (non-hydrogen) atoms. The van der Waals surface area contributed by atoms with E-state index in [0.29, 0.717) is 6.54 Å². The van der Waals surface area contributed by atoms with E-state index in [1.54, 1.807) is 11.3 Å². The van der Waals surface area contributed by atoms with Gasteiger partial charge in [-0.05, 0) is 12.1 Å². The van der Waals surface area contributed by atoms with Gasteiger partial charge in [0.25, 0.3) is 0 Å². The molecule has 0 saturated heterocycles. The van der Waals surface area contributed by atoms with Crippen LogP contribution in [0.4, 0.5) is 0 Å². The summed E-state index contributed by atoms with van der Waals surface area (Å²) in [5.41, 5.74) is 7.28. The van der Waals surface area contributed by atoms with Gasteiger partial charge in [0.15, 0.2) is 0 Å². The summed E-state index contributed by atoms with van der Waals surface area (Å²) in [5, 5.41) is 3.28. The minimum atomic E-state index is 0.453. The van der Waals surface area contributed by atoms with Gasteiger partial charge in [-0.25, -0.2) is 0 Å². The summed E-state index contributed by atoms with van der Waals surface area (Å²) >= 11 is 1.64. The summed E-state index contributed by atoms with van der Waals surface area (Å²) in [4.78, 5) is 5.23. The third-order valence-electron chi connectivity index (χ3n) is 2.00. The van der Waals surface area contributed by atoms with Crippen LogP contribution in [-0.4, -0.2) is 4.98 Å². The van der Waals surface area contributed by atoms with Crippen LogP contribution in [-0.2, 0) is 19.6 Å². The average molecular weight is 223 g/mol. The number of nitrogens with one attached hydrogen (secondary N) is 1. The van der Waals surface area contributed by atoms with Crippen LogP contribution in [0.3, 0.4) is 0 Å². The van der Waals surface area contributed by atoms with Crippen LogP contribution in [0.5, 0.6) is 0 Å². The molecule has 5 heteroatoms. The highest BCUT2D eigenvalue weighted by Gasteiger charge is 2.00. The quantitative estimate of drug-likeness (QED) is 0.806. The van der Waals surface area contributed by atoms with Gasteiger partial charge in [-0.1, -0.05) is 0 Å². The zero-order valence-electron chi connectivity index (χ0n) is 8.27. The molecule has 0 fully saturated rings. The Labute approximate surface area is 92.1 Å². The Morgan fingerprint density at radius 2 is 2.20 bits per heavy atom. The second-order valence-electron chi connectivity index (χ2n) is 3.14. The Balaban J connectivity index is 1.78. The van der Waals surface area contributed by atoms with E-state index in [4.69, 9.17) is 10.2 Å². The molecular weight excluding hydrogens is 210 g/mol. The lowest BCUT2D eigenvalue weighted by Gasteiger charge is -1.99. The molecule has 2 aromatic heterocycles. The molecular formula is C10H13N3OS. The maximum absolute atomic E-state index is 5.45. The van der Waals surface area contributed by atoms with Gasteiger partial charge in [0, 0.05) is 17.6 Å². The number of nitrogens with two attached hydrogens (primary N) is 1. The van der Waals surface area contributed by atoms with Gasteiger partial charge in [-0.2, -0.15) is 0 Å². The topological polar surface area (TPSA) is 64.1 Å². The fourth-order valence-corrected chi connectivity index (χ4v) is 1.83. The molecule has 3 N–H and O–H groups in total. The number of hydrogen-bond acceptors (Lipinski definition) is 5. The van der Waals surface area contributed by atoms with Crippen LogP contribution >= 0.6 is 11.3 Å². The second kappa shape index (κ2) is 5.06. The van der Waals surface area contributed by atoms with Crippen molar-refractivity contribution in [2.45, 2.75) is 19.6 Å². The predicted octanol–water partition coefficient (Wildman–Crippen LogP) is 1.48. The highest BCUT2D eigenvalue weighted by Crippen LogP contribution is 2.08. The fourth-order valence-electron chi connectivity index (χ4n) is 1.27. The van der Waals surface area contributed by atoms with Crippen molar-refractivity contribution in [3.05, 3.63) is 40.2 Å². The average Bonchev–Trinajstić information content (AvgIpc) is 2.88. The normalized spacial score (nSPS) is 10.7. The molecule has 0 atom stereocenters. The van der Waals surface area contributed by atoms with Gasteiger partial charge in [-0.3, -0.25) is 4.98 Å². The van der Waals surface area contributed by atoms with Crippen molar-refractivity contribution >= 4 is 11.3 Å². The predicted molar refractivity (Wildman–Crippen MR) is 59.3 cm³/mol. The molecule has 0 unspecified atom stereocenters. The lowest BCUT2D eigenvalue weighted by atomic mass is 10.4. The molecule has 80 valence electrons. The first-order chi connectivity index (χ1) is 7.38. The monoisotopic (exact) mass is 223 g/mol. The van der Waals surface area contributed by atoms with E-state index in [2.05, 4.69) is 10.3 Å². The first-order valence-electron chi connectivity index (χ1n) is 4.74. The lowest BCUT2D eigenvalue weighted by Crippen LogP contribution is -2.11. The standard InChI is InChI=1S/C10H13N3OS/c11-3-8-1-2-9(14-8)4-12-5-10-6-13-7-15-10/h1-2,6-7,12H,3-5,11H2. The van der Waals surface area contributed by atoms with Crippen LogP contribution in [0.2, 0.25) is 0 Å². The molecule has 0 saturated carbocycles. The molecule has 0 radical (unpaired) electrons. The lowest BCUT2D eigenvalue weighted by molar-refractivity contribution is 0.448. The van der Waals surface area contributed by atoms with Crippen molar-refractivity contribution in [1.29, 1.82) is 0 Å². The van der Waals surface area contributed by atoms with Crippen molar-refractivity contribution in [1.82, 2.24) is 10.3 Å². The van der Waals surface area contributed by atoms with Crippen molar-refractivity contribution < 1.29 is 4.42 Å². The van der Waals surface area contributed by atoms with Gasteiger partial charge in [0.05, 0.1) is 18.6 Å². The molecule has 0 amide bonds. The Morgan fingerprint density at radius 1 is 1.33 bits per heavy atom. The molecule has 0 bridgehead atoms. The molecule has 2 heterocycles. The Morgan fingerprint density at radius 3 is 2.87 bits per heavy atom. The van der Waals surface area contributed by atoms with E-state index in [9.17, 15) is 0 Å². The van der Waals surface area contributed by atoms with Gasteiger partial charge < -0.3 is 15.5 Å². The van der Waals surface area contributed by atoms with E-state index in [1.807, 2.05) is 23.8 Å². The van der Waals surface area contributed by atoms with Crippen LogP contribution in [0.25, 0.3) is 0 Å². The van der Waals surface area contributed by atoms with E-state index >= 15 is 0 Å². The van der Waals surface area contributed by atoms with Crippen molar-refractivity contribution in [3.8, 4) is 0 Å². The summed E-state index contributed by atoms with van der Waals surface area (Å²) in [6.07, 6.45) is 1.87. The van der Waals surface area contributed by atoms with Gasteiger partial charge in [0.1, 0.15) is 11.5 Å². The van der Waals surface area contributed by atoms with Crippen LogP contribution in [0.15, 0.2) is 28.3 Å². The molecule has 2 rings (SSSR count). The molecule has 0 aliphatic heterocycles. The summed E-state index contributed by atoms with van der Waals surface area (Å²) in [6.45, 7) is 2.00. The number of rotatable bonds is 5. The summed E-state index contributed by atoms with van der Waals surface area (Å²) in [5.74, 6) is 1.74. The SMILES string of the molecule is NCc1ccc(CNCc2cncs2)o1. The summed E-state index contributed by atoms with van der Waals surface area (Å²) in [7, 11) is 0. The first kappa shape index (κ1) is 10.4. The minimum absolute atomic E-state index is 0.453. The van der Waals surface area contributed by atoms with Gasteiger partial charge >= 0.3 is 0 Å². The van der Waals surface area contributed by atoms with Crippen molar-refractivity contribution in [2.24, 2.45) is 5.73 Å². The van der Waals surface area contributed by atoms with Crippen molar-refractivity contribution in [3.63, 3.8) is 0 Å². The third-order valence-corrected chi connectivity index (χ3v) is 2.78. The Bertz CT molecular complexity index is 396. The highest BCUT2D eigenvalue weighted by atomic mass is 32.1. The Hall–Kier alpha value is -1.17. The smallest absolute Gasteiger partial charge is 0.118 e. The van der Waals surface area contributed by atoms with E-state index in [0.717, 1.165) is 24.6 Å². The number of thiazole rings is 1. The largest absolute Gasteiger partial charge is 0.463 e. The number of hydrogen-bond donors (Lipinski definition) is 2. The van der Waals surface area contributed by atoms with Gasteiger partial charge in [-0.15, -0.1) is 11.3 Å². The van der Waals surface area contributed by atoms with E-state index in [1.165, 1.54) is 4.88 Å². The first-order valence-corrected chi connectivity index (χ1v) is 5.62. The molecule has 4 nitrogen and oxygen atoms in total. The zero-order valence-corrected chi connectivity index (χ0v) is 9.09. The van der Waals surface area contributed by atoms with Crippen LogP contribution in [0, 0.1) is 0 Å². The molecule has 0 aromatic carbocycles. The summed E-state index contributed by atoms with van der Waals surface area (Å²) in [6, 6.07) is 3.85. The van der Waals surface area contributed by atoms with E-state index < -0.39 is 0 Å². The number of nitrogens with zero attached hydrogens (tertiary/aromatic N) is 1. The van der Waals surface area contributed by atoms with Crippen LogP contribution < -0.4 is 11.1 Å². The maximum Gasteiger partial charge on any atom is 0.118 e. The summed E-state index contributed by atoms with van der Waals surface area (Å²) < 4.78 is 5.45.